The highest BCUT2D eigenvalue weighted by atomic mass is 16.5. The number of ether oxygens (including phenoxy) is 1. The molecule has 4 heteroatoms. The third-order valence-corrected chi connectivity index (χ3v) is 2.90. The molecular formula is C14H19N3O. The van der Waals surface area contributed by atoms with Crippen LogP contribution in [0.1, 0.15) is 36.6 Å². The summed E-state index contributed by atoms with van der Waals surface area (Å²) in [5, 5.41) is 7.89. The van der Waals surface area contributed by atoms with Gasteiger partial charge in [-0.3, -0.25) is 4.68 Å². The van der Waals surface area contributed by atoms with Crippen LogP contribution in [-0.2, 0) is 13.7 Å². The molecular weight excluding hydrogens is 226 g/mol. The fraction of sp³-hybridized carbons (Fsp3) is 0.429. The summed E-state index contributed by atoms with van der Waals surface area (Å²) in [6.07, 6.45) is 1.86. The molecule has 0 saturated carbocycles. The van der Waals surface area contributed by atoms with Crippen molar-refractivity contribution in [2.45, 2.75) is 33.3 Å². The van der Waals surface area contributed by atoms with Gasteiger partial charge in [-0.2, -0.15) is 0 Å². The Balaban J connectivity index is 2.10. The van der Waals surface area contributed by atoms with Crippen LogP contribution in [0.3, 0.4) is 0 Å². The van der Waals surface area contributed by atoms with Crippen LogP contribution in [0.15, 0.2) is 24.4 Å². The first-order valence-corrected chi connectivity index (χ1v) is 6.15. The van der Waals surface area contributed by atoms with Crippen LogP contribution < -0.4 is 4.74 Å². The van der Waals surface area contributed by atoms with Gasteiger partial charge in [0.05, 0.1) is 6.20 Å². The Labute approximate surface area is 108 Å². The van der Waals surface area contributed by atoms with E-state index in [0.717, 1.165) is 17.0 Å². The Morgan fingerprint density at radius 1 is 1.33 bits per heavy atom. The molecule has 4 nitrogen and oxygen atoms in total. The largest absolute Gasteiger partial charge is 0.487 e. The van der Waals surface area contributed by atoms with E-state index < -0.39 is 0 Å². The van der Waals surface area contributed by atoms with Gasteiger partial charge in [-0.25, -0.2) is 0 Å². The summed E-state index contributed by atoms with van der Waals surface area (Å²) >= 11 is 0. The molecule has 0 spiro atoms. The second-order valence-corrected chi connectivity index (χ2v) is 4.85. The molecule has 0 aliphatic rings. The Bertz CT molecular complexity index is 532. The van der Waals surface area contributed by atoms with Crippen molar-refractivity contribution in [3.05, 3.63) is 41.2 Å². The highest BCUT2D eigenvalue weighted by Gasteiger charge is 2.06. The Morgan fingerprint density at radius 2 is 2.11 bits per heavy atom. The lowest BCUT2D eigenvalue weighted by atomic mass is 10.0. The van der Waals surface area contributed by atoms with Gasteiger partial charge in [-0.1, -0.05) is 31.2 Å². The molecule has 1 heterocycles. The summed E-state index contributed by atoms with van der Waals surface area (Å²) in [5.41, 5.74) is 3.27. The zero-order valence-corrected chi connectivity index (χ0v) is 11.3. The monoisotopic (exact) mass is 245 g/mol. The number of hydrogen-bond acceptors (Lipinski definition) is 3. The first kappa shape index (κ1) is 12.6. The maximum Gasteiger partial charge on any atom is 0.134 e. The normalized spacial score (nSPS) is 10.9. The average molecular weight is 245 g/mol. The van der Waals surface area contributed by atoms with Crippen molar-refractivity contribution in [1.29, 1.82) is 0 Å². The van der Waals surface area contributed by atoms with E-state index in [9.17, 15) is 0 Å². The first-order chi connectivity index (χ1) is 8.56. The summed E-state index contributed by atoms with van der Waals surface area (Å²) < 4.78 is 7.49. The van der Waals surface area contributed by atoms with E-state index in [1.807, 2.05) is 13.2 Å². The van der Waals surface area contributed by atoms with E-state index in [1.54, 1.807) is 4.68 Å². The van der Waals surface area contributed by atoms with Crippen LogP contribution in [0.2, 0.25) is 0 Å². The number of aromatic nitrogens is 3. The minimum atomic E-state index is 0.455. The number of hydrogen-bond donors (Lipinski definition) is 0. The molecule has 0 aliphatic heterocycles. The quantitative estimate of drug-likeness (QED) is 0.831. The molecule has 2 aromatic rings. The second-order valence-electron chi connectivity index (χ2n) is 4.85. The lowest BCUT2D eigenvalue weighted by Gasteiger charge is -2.11. The first-order valence-electron chi connectivity index (χ1n) is 6.15. The maximum absolute atomic E-state index is 5.81. The van der Waals surface area contributed by atoms with Crippen molar-refractivity contribution in [2.24, 2.45) is 7.05 Å². The summed E-state index contributed by atoms with van der Waals surface area (Å²) in [6.45, 7) is 6.86. The van der Waals surface area contributed by atoms with Gasteiger partial charge >= 0.3 is 0 Å². The molecule has 0 amide bonds. The van der Waals surface area contributed by atoms with Gasteiger partial charge in [0.15, 0.2) is 0 Å². The van der Waals surface area contributed by atoms with E-state index in [-0.39, 0.29) is 0 Å². The lowest BCUT2D eigenvalue weighted by molar-refractivity contribution is 0.298. The van der Waals surface area contributed by atoms with E-state index in [4.69, 9.17) is 4.74 Å². The molecule has 1 aromatic heterocycles. The van der Waals surface area contributed by atoms with Gasteiger partial charge in [0.25, 0.3) is 0 Å². The van der Waals surface area contributed by atoms with Gasteiger partial charge in [0.1, 0.15) is 18.1 Å². The van der Waals surface area contributed by atoms with Gasteiger partial charge < -0.3 is 4.74 Å². The zero-order chi connectivity index (χ0) is 13.1. The number of benzene rings is 1. The van der Waals surface area contributed by atoms with Crippen molar-refractivity contribution in [2.75, 3.05) is 0 Å². The third-order valence-electron chi connectivity index (χ3n) is 2.90. The van der Waals surface area contributed by atoms with Crippen molar-refractivity contribution >= 4 is 0 Å². The SMILES string of the molecule is Cc1ccc(C(C)C)cc1OCc1cn(C)nn1. The van der Waals surface area contributed by atoms with Crippen LogP contribution >= 0.6 is 0 Å². The van der Waals surface area contributed by atoms with Crippen LogP contribution in [0.25, 0.3) is 0 Å². The number of rotatable bonds is 4. The van der Waals surface area contributed by atoms with Gasteiger partial charge in [-0.05, 0) is 30.0 Å². The van der Waals surface area contributed by atoms with Crippen LogP contribution in [0.5, 0.6) is 5.75 Å². The predicted molar refractivity (Wildman–Crippen MR) is 70.6 cm³/mol. The number of aryl methyl sites for hydroxylation is 2. The summed E-state index contributed by atoms with van der Waals surface area (Å²) in [4.78, 5) is 0. The minimum Gasteiger partial charge on any atom is -0.487 e. The molecule has 0 radical (unpaired) electrons. The number of nitrogens with zero attached hydrogens (tertiary/aromatic N) is 3. The molecule has 0 saturated heterocycles. The molecule has 2 rings (SSSR count). The standard InChI is InChI=1S/C14H19N3O/c1-10(2)12-6-5-11(3)14(7-12)18-9-13-8-17(4)16-15-13/h5-8,10H,9H2,1-4H3. The van der Waals surface area contributed by atoms with Gasteiger partial charge in [-0.15, -0.1) is 5.10 Å². The van der Waals surface area contributed by atoms with Crippen molar-refractivity contribution in [3.8, 4) is 5.75 Å². The highest BCUT2D eigenvalue weighted by Crippen LogP contribution is 2.24. The minimum absolute atomic E-state index is 0.455. The summed E-state index contributed by atoms with van der Waals surface area (Å²) in [5.74, 6) is 1.43. The van der Waals surface area contributed by atoms with Crippen molar-refractivity contribution < 1.29 is 4.74 Å². The molecule has 0 atom stereocenters. The van der Waals surface area contributed by atoms with Crippen LogP contribution in [0, 0.1) is 6.92 Å². The van der Waals surface area contributed by atoms with Gasteiger partial charge in [0.2, 0.25) is 0 Å². The molecule has 0 N–H and O–H groups in total. The Morgan fingerprint density at radius 3 is 2.72 bits per heavy atom. The molecule has 0 fully saturated rings. The highest BCUT2D eigenvalue weighted by molar-refractivity contribution is 5.37. The van der Waals surface area contributed by atoms with Gasteiger partial charge in [0, 0.05) is 7.05 Å². The average Bonchev–Trinajstić information content (AvgIpc) is 2.74. The van der Waals surface area contributed by atoms with E-state index in [1.165, 1.54) is 5.56 Å². The summed E-state index contributed by atoms with van der Waals surface area (Å²) in [7, 11) is 1.85. The second kappa shape index (κ2) is 5.21. The smallest absolute Gasteiger partial charge is 0.134 e. The predicted octanol–water partition coefficient (Wildman–Crippen LogP) is 2.83. The zero-order valence-electron chi connectivity index (χ0n) is 11.3. The molecule has 1 aromatic carbocycles. The molecule has 0 unspecified atom stereocenters. The lowest BCUT2D eigenvalue weighted by Crippen LogP contribution is -1.99. The molecule has 18 heavy (non-hydrogen) atoms. The maximum atomic E-state index is 5.81. The van der Waals surface area contributed by atoms with Crippen molar-refractivity contribution in [1.82, 2.24) is 15.0 Å². The van der Waals surface area contributed by atoms with E-state index in [2.05, 4.69) is 49.3 Å². The topological polar surface area (TPSA) is 39.9 Å². The Hall–Kier alpha value is -1.84. The Kier molecular flexibility index (Phi) is 3.65. The molecule has 0 bridgehead atoms. The fourth-order valence-corrected chi connectivity index (χ4v) is 1.74. The van der Waals surface area contributed by atoms with E-state index in [0.29, 0.717) is 12.5 Å². The summed E-state index contributed by atoms with van der Waals surface area (Å²) in [6, 6.07) is 6.35. The van der Waals surface area contributed by atoms with E-state index >= 15 is 0 Å². The molecule has 96 valence electrons. The van der Waals surface area contributed by atoms with Crippen molar-refractivity contribution in [3.63, 3.8) is 0 Å². The molecule has 0 aliphatic carbocycles. The van der Waals surface area contributed by atoms with Crippen LogP contribution in [0.4, 0.5) is 0 Å². The third kappa shape index (κ3) is 2.88. The fourth-order valence-electron chi connectivity index (χ4n) is 1.74. The van der Waals surface area contributed by atoms with Crippen LogP contribution in [-0.4, -0.2) is 15.0 Å².